The van der Waals surface area contributed by atoms with Gasteiger partial charge in [0.15, 0.2) is 0 Å². The third-order valence-electron chi connectivity index (χ3n) is 3.86. The molecule has 21 heavy (non-hydrogen) atoms. The molecule has 0 radical (unpaired) electrons. The largest absolute Gasteiger partial charge is 0.207 e. The highest BCUT2D eigenvalue weighted by molar-refractivity contribution is 6.21. The predicted molar refractivity (Wildman–Crippen MR) is 87.4 cm³/mol. The van der Waals surface area contributed by atoms with Gasteiger partial charge >= 0.3 is 0 Å². The molecule has 2 heteroatoms. The van der Waals surface area contributed by atoms with E-state index >= 15 is 0 Å². The number of hydrogen-bond acceptors (Lipinski definition) is 0. The lowest BCUT2D eigenvalue weighted by Crippen LogP contribution is -2.00. The van der Waals surface area contributed by atoms with Crippen molar-refractivity contribution in [2.45, 2.75) is 18.7 Å². The van der Waals surface area contributed by atoms with Crippen molar-refractivity contribution in [3.05, 3.63) is 83.2 Å². The first-order valence-electron chi connectivity index (χ1n) is 7.02. The lowest BCUT2D eigenvalue weighted by molar-refractivity contribution is 0.624. The second kappa shape index (κ2) is 5.87. The smallest absolute Gasteiger partial charge is 0.123 e. The van der Waals surface area contributed by atoms with E-state index < -0.39 is 0 Å². The summed E-state index contributed by atoms with van der Waals surface area (Å²) in [5, 5.41) is 2.18. The van der Waals surface area contributed by atoms with Crippen LogP contribution < -0.4 is 0 Å². The van der Waals surface area contributed by atoms with Gasteiger partial charge in [-0.2, -0.15) is 0 Å². The number of alkyl halides is 1. The second-order valence-electron chi connectivity index (χ2n) is 5.31. The Morgan fingerprint density at radius 3 is 2.62 bits per heavy atom. The number of rotatable bonds is 3. The fourth-order valence-electron chi connectivity index (χ4n) is 2.72. The molecule has 0 amide bonds. The molecule has 0 heterocycles. The van der Waals surface area contributed by atoms with Gasteiger partial charge in [0.1, 0.15) is 5.82 Å². The van der Waals surface area contributed by atoms with Crippen molar-refractivity contribution < 1.29 is 4.39 Å². The average Bonchev–Trinajstić information content (AvgIpc) is 2.50. The van der Waals surface area contributed by atoms with Crippen LogP contribution in [0.15, 0.2) is 60.7 Å². The van der Waals surface area contributed by atoms with Gasteiger partial charge in [-0.3, -0.25) is 0 Å². The zero-order valence-corrected chi connectivity index (χ0v) is 12.6. The topological polar surface area (TPSA) is 0 Å². The Hall–Kier alpha value is -1.86. The highest BCUT2D eigenvalue weighted by atomic mass is 35.5. The molecule has 0 aromatic heterocycles. The molecule has 0 saturated carbocycles. The minimum atomic E-state index is -0.237. The SMILES string of the molecule is Cc1ccc(F)cc1C(Cl)Cc1cccc2ccccc12. The maximum absolute atomic E-state index is 13.4. The molecule has 0 nitrogen and oxygen atoms in total. The summed E-state index contributed by atoms with van der Waals surface area (Å²) in [7, 11) is 0. The standard InChI is InChI=1S/C19H16ClF/c1-13-9-10-16(21)12-18(13)19(20)11-15-7-4-6-14-5-2-3-8-17(14)15/h2-10,12,19H,11H2,1H3. The molecule has 1 unspecified atom stereocenters. The molecule has 1 atom stereocenters. The molecule has 0 fully saturated rings. The van der Waals surface area contributed by atoms with Crippen molar-refractivity contribution in [2.24, 2.45) is 0 Å². The highest BCUT2D eigenvalue weighted by Crippen LogP contribution is 2.30. The summed E-state index contributed by atoms with van der Waals surface area (Å²) in [4.78, 5) is 0. The maximum Gasteiger partial charge on any atom is 0.123 e. The summed E-state index contributed by atoms with van der Waals surface area (Å²) in [6.45, 7) is 1.97. The van der Waals surface area contributed by atoms with Crippen LogP contribution in [0.5, 0.6) is 0 Å². The van der Waals surface area contributed by atoms with Gasteiger partial charge in [0.25, 0.3) is 0 Å². The Morgan fingerprint density at radius 1 is 1.00 bits per heavy atom. The molecule has 0 aliphatic heterocycles. The molecule has 0 N–H and O–H groups in total. The van der Waals surface area contributed by atoms with Crippen molar-refractivity contribution in [1.29, 1.82) is 0 Å². The van der Waals surface area contributed by atoms with E-state index in [-0.39, 0.29) is 11.2 Å². The minimum absolute atomic E-state index is 0.230. The summed E-state index contributed by atoms with van der Waals surface area (Å²) >= 11 is 6.55. The number of halogens is 2. The Labute approximate surface area is 129 Å². The number of fused-ring (bicyclic) bond motifs is 1. The number of aryl methyl sites for hydroxylation is 1. The third-order valence-corrected chi connectivity index (χ3v) is 4.25. The summed E-state index contributed by atoms with van der Waals surface area (Å²) in [5.41, 5.74) is 3.08. The molecular weight excluding hydrogens is 283 g/mol. The monoisotopic (exact) mass is 298 g/mol. The summed E-state index contributed by atoms with van der Waals surface area (Å²) < 4.78 is 13.4. The van der Waals surface area contributed by atoms with E-state index in [0.29, 0.717) is 6.42 Å². The van der Waals surface area contributed by atoms with Crippen LogP contribution in [-0.2, 0) is 6.42 Å². The summed E-state index contributed by atoms with van der Waals surface area (Å²) in [6.07, 6.45) is 0.688. The van der Waals surface area contributed by atoms with Gasteiger partial charge in [0, 0.05) is 0 Å². The Bertz CT molecular complexity index is 774. The normalized spacial score (nSPS) is 12.5. The van der Waals surface area contributed by atoms with E-state index in [0.717, 1.165) is 11.1 Å². The molecule has 0 saturated heterocycles. The minimum Gasteiger partial charge on any atom is -0.207 e. The first-order valence-corrected chi connectivity index (χ1v) is 7.45. The third kappa shape index (κ3) is 2.93. The van der Waals surface area contributed by atoms with Gasteiger partial charge in [-0.15, -0.1) is 11.6 Å². The molecule has 0 aliphatic carbocycles. The molecule has 0 spiro atoms. The van der Waals surface area contributed by atoms with Gasteiger partial charge < -0.3 is 0 Å². The predicted octanol–water partition coefficient (Wildman–Crippen LogP) is 5.81. The van der Waals surface area contributed by atoms with Crippen LogP contribution in [0.25, 0.3) is 10.8 Å². The summed E-state index contributed by atoms with van der Waals surface area (Å²) in [5.74, 6) is -0.237. The second-order valence-corrected chi connectivity index (χ2v) is 5.84. The van der Waals surface area contributed by atoms with E-state index in [4.69, 9.17) is 11.6 Å². The van der Waals surface area contributed by atoms with Crippen molar-refractivity contribution in [3.8, 4) is 0 Å². The molecule has 0 aliphatic rings. The van der Waals surface area contributed by atoms with E-state index in [1.807, 2.05) is 25.1 Å². The first kappa shape index (κ1) is 14.1. The van der Waals surface area contributed by atoms with E-state index in [1.54, 1.807) is 6.07 Å². The Balaban J connectivity index is 1.96. The van der Waals surface area contributed by atoms with Gasteiger partial charge in [-0.05, 0) is 52.9 Å². The molecule has 106 valence electrons. The van der Waals surface area contributed by atoms with Crippen molar-refractivity contribution in [1.82, 2.24) is 0 Å². The first-order chi connectivity index (χ1) is 10.1. The molecule has 0 bridgehead atoms. The van der Waals surface area contributed by atoms with Crippen LogP contribution in [0, 0.1) is 12.7 Å². The zero-order valence-electron chi connectivity index (χ0n) is 11.8. The Kier molecular flexibility index (Phi) is 3.94. The van der Waals surface area contributed by atoms with Gasteiger partial charge in [0.05, 0.1) is 5.38 Å². The lowest BCUT2D eigenvalue weighted by atomic mass is 9.96. The van der Waals surface area contributed by atoms with Crippen LogP contribution >= 0.6 is 11.6 Å². The maximum atomic E-state index is 13.4. The van der Waals surface area contributed by atoms with Gasteiger partial charge in [-0.25, -0.2) is 4.39 Å². The van der Waals surface area contributed by atoms with Crippen molar-refractivity contribution >= 4 is 22.4 Å². The average molecular weight is 299 g/mol. The zero-order chi connectivity index (χ0) is 14.8. The fourth-order valence-corrected chi connectivity index (χ4v) is 3.12. The van der Waals surface area contributed by atoms with E-state index in [1.165, 1.54) is 28.5 Å². The van der Waals surface area contributed by atoms with Crippen LogP contribution in [0.3, 0.4) is 0 Å². The molecule has 3 rings (SSSR count). The molecular formula is C19H16ClF. The fraction of sp³-hybridized carbons (Fsp3) is 0.158. The van der Waals surface area contributed by atoms with Crippen LogP contribution in [-0.4, -0.2) is 0 Å². The van der Waals surface area contributed by atoms with E-state index in [9.17, 15) is 4.39 Å². The van der Waals surface area contributed by atoms with Gasteiger partial charge in [-0.1, -0.05) is 48.5 Å². The lowest BCUT2D eigenvalue weighted by Gasteiger charge is -2.14. The molecule has 3 aromatic carbocycles. The van der Waals surface area contributed by atoms with Crippen LogP contribution in [0.1, 0.15) is 22.1 Å². The molecule has 3 aromatic rings. The summed E-state index contributed by atoms with van der Waals surface area (Å²) in [6, 6.07) is 19.3. The Morgan fingerprint density at radius 2 is 1.76 bits per heavy atom. The van der Waals surface area contributed by atoms with Crippen LogP contribution in [0.4, 0.5) is 4.39 Å². The van der Waals surface area contributed by atoms with Crippen molar-refractivity contribution in [2.75, 3.05) is 0 Å². The quantitative estimate of drug-likeness (QED) is 0.535. The van der Waals surface area contributed by atoms with Gasteiger partial charge in [0.2, 0.25) is 0 Å². The van der Waals surface area contributed by atoms with Crippen LogP contribution in [0.2, 0.25) is 0 Å². The number of hydrogen-bond donors (Lipinski definition) is 0. The number of benzene rings is 3. The van der Waals surface area contributed by atoms with Crippen molar-refractivity contribution in [3.63, 3.8) is 0 Å². The van der Waals surface area contributed by atoms with E-state index in [2.05, 4.69) is 24.3 Å². The highest BCUT2D eigenvalue weighted by Gasteiger charge is 2.14.